The Morgan fingerprint density at radius 1 is 1.21 bits per heavy atom. The summed E-state index contributed by atoms with van der Waals surface area (Å²) in [6, 6.07) is 6.71. The number of rotatable bonds is 4. The van der Waals surface area contributed by atoms with Gasteiger partial charge in [-0.1, -0.05) is 12.1 Å². The molecule has 1 heterocycles. The summed E-state index contributed by atoms with van der Waals surface area (Å²) in [6.45, 7) is 0. The molecular formula is C13H13F2N3O. The van der Waals surface area contributed by atoms with Gasteiger partial charge in [0.2, 0.25) is 5.88 Å². The van der Waals surface area contributed by atoms with Gasteiger partial charge in [0.15, 0.2) is 11.6 Å². The number of halogens is 2. The molecule has 6 heteroatoms. The maximum Gasteiger partial charge on any atom is 0.233 e. The van der Waals surface area contributed by atoms with E-state index in [1.165, 1.54) is 19.2 Å². The Hall–Kier alpha value is -2.08. The SMILES string of the molecule is COc1ccc(C(N)Cc2cccc(F)c2F)nn1. The molecule has 2 aromatic rings. The fraction of sp³-hybridized carbons (Fsp3) is 0.231. The van der Waals surface area contributed by atoms with Crippen molar-refractivity contribution in [1.29, 1.82) is 0 Å². The number of aromatic nitrogens is 2. The number of methoxy groups -OCH3 is 1. The van der Waals surface area contributed by atoms with Crippen LogP contribution in [0.25, 0.3) is 0 Å². The molecular weight excluding hydrogens is 252 g/mol. The summed E-state index contributed by atoms with van der Waals surface area (Å²) < 4.78 is 31.5. The third kappa shape index (κ3) is 3.03. The normalized spacial score (nSPS) is 12.2. The summed E-state index contributed by atoms with van der Waals surface area (Å²) in [5.41, 5.74) is 6.61. The molecule has 19 heavy (non-hydrogen) atoms. The number of nitrogens with zero attached hydrogens (tertiary/aromatic N) is 2. The van der Waals surface area contributed by atoms with E-state index in [-0.39, 0.29) is 12.0 Å². The van der Waals surface area contributed by atoms with Crippen LogP contribution >= 0.6 is 0 Å². The predicted molar refractivity (Wildman–Crippen MR) is 65.6 cm³/mol. The summed E-state index contributed by atoms with van der Waals surface area (Å²) in [5, 5.41) is 7.66. The van der Waals surface area contributed by atoms with E-state index in [0.29, 0.717) is 11.6 Å². The van der Waals surface area contributed by atoms with Crippen molar-refractivity contribution >= 4 is 0 Å². The highest BCUT2D eigenvalue weighted by Crippen LogP contribution is 2.18. The minimum Gasteiger partial charge on any atom is -0.480 e. The molecule has 0 amide bonds. The van der Waals surface area contributed by atoms with E-state index < -0.39 is 17.7 Å². The minimum atomic E-state index is -0.884. The van der Waals surface area contributed by atoms with Crippen LogP contribution in [-0.2, 0) is 6.42 Å². The first kappa shape index (κ1) is 13.4. The van der Waals surface area contributed by atoms with Gasteiger partial charge < -0.3 is 10.5 Å². The first-order chi connectivity index (χ1) is 9.11. The van der Waals surface area contributed by atoms with Gasteiger partial charge >= 0.3 is 0 Å². The predicted octanol–water partition coefficient (Wildman–Crippen LogP) is 2.01. The molecule has 1 aromatic carbocycles. The van der Waals surface area contributed by atoms with Crippen molar-refractivity contribution in [3.63, 3.8) is 0 Å². The number of hydrogen-bond donors (Lipinski definition) is 1. The Morgan fingerprint density at radius 2 is 2.00 bits per heavy atom. The van der Waals surface area contributed by atoms with Crippen LogP contribution in [0.5, 0.6) is 5.88 Å². The number of nitrogens with two attached hydrogens (primary N) is 1. The van der Waals surface area contributed by atoms with Crippen LogP contribution in [0.4, 0.5) is 8.78 Å². The summed E-state index contributed by atoms with van der Waals surface area (Å²) >= 11 is 0. The van der Waals surface area contributed by atoms with Crippen LogP contribution in [0.1, 0.15) is 17.3 Å². The van der Waals surface area contributed by atoms with Crippen LogP contribution < -0.4 is 10.5 Å². The average molecular weight is 265 g/mol. The molecule has 1 aromatic heterocycles. The number of hydrogen-bond acceptors (Lipinski definition) is 4. The van der Waals surface area contributed by atoms with Crippen molar-refractivity contribution < 1.29 is 13.5 Å². The van der Waals surface area contributed by atoms with Gasteiger partial charge in [-0.3, -0.25) is 0 Å². The van der Waals surface area contributed by atoms with E-state index in [1.807, 2.05) is 0 Å². The third-order valence-corrected chi connectivity index (χ3v) is 2.72. The summed E-state index contributed by atoms with van der Waals surface area (Å²) in [5.74, 6) is -1.39. The molecule has 0 saturated heterocycles. The van der Waals surface area contributed by atoms with Gasteiger partial charge in [0, 0.05) is 6.07 Å². The topological polar surface area (TPSA) is 61.0 Å². The number of benzene rings is 1. The van der Waals surface area contributed by atoms with E-state index in [0.717, 1.165) is 6.07 Å². The molecule has 0 saturated carbocycles. The molecule has 1 atom stereocenters. The lowest BCUT2D eigenvalue weighted by molar-refractivity contribution is 0.390. The maximum atomic E-state index is 13.5. The molecule has 100 valence electrons. The van der Waals surface area contributed by atoms with Gasteiger partial charge in [-0.2, -0.15) is 5.10 Å². The highest BCUT2D eigenvalue weighted by atomic mass is 19.2. The third-order valence-electron chi connectivity index (χ3n) is 2.72. The summed E-state index contributed by atoms with van der Waals surface area (Å²) in [7, 11) is 1.48. The van der Waals surface area contributed by atoms with Crippen molar-refractivity contribution in [2.24, 2.45) is 5.73 Å². The molecule has 1 unspecified atom stereocenters. The average Bonchev–Trinajstić information content (AvgIpc) is 2.44. The van der Waals surface area contributed by atoms with E-state index in [9.17, 15) is 8.78 Å². The van der Waals surface area contributed by atoms with E-state index >= 15 is 0 Å². The standard InChI is InChI=1S/C13H13F2N3O/c1-19-12-6-5-11(17-18-12)10(16)7-8-3-2-4-9(14)13(8)15/h2-6,10H,7,16H2,1H3. The van der Waals surface area contributed by atoms with Gasteiger partial charge in [-0.05, 0) is 24.1 Å². The summed E-state index contributed by atoms with van der Waals surface area (Å²) in [4.78, 5) is 0. The highest BCUT2D eigenvalue weighted by molar-refractivity contribution is 5.22. The number of ether oxygens (including phenoxy) is 1. The maximum absolute atomic E-state index is 13.5. The van der Waals surface area contributed by atoms with Crippen molar-refractivity contribution in [3.05, 3.63) is 53.2 Å². The van der Waals surface area contributed by atoms with Gasteiger partial charge in [0.05, 0.1) is 18.8 Å². The van der Waals surface area contributed by atoms with Crippen LogP contribution in [0.2, 0.25) is 0 Å². The van der Waals surface area contributed by atoms with Crippen molar-refractivity contribution in [2.45, 2.75) is 12.5 Å². The van der Waals surface area contributed by atoms with E-state index in [1.54, 1.807) is 12.1 Å². The lowest BCUT2D eigenvalue weighted by Crippen LogP contribution is -2.16. The highest BCUT2D eigenvalue weighted by Gasteiger charge is 2.14. The van der Waals surface area contributed by atoms with Crippen LogP contribution in [-0.4, -0.2) is 17.3 Å². The molecule has 0 fully saturated rings. The molecule has 0 aliphatic carbocycles. The zero-order valence-corrected chi connectivity index (χ0v) is 10.3. The zero-order valence-electron chi connectivity index (χ0n) is 10.3. The molecule has 0 aliphatic heterocycles. The van der Waals surface area contributed by atoms with Gasteiger partial charge in [-0.15, -0.1) is 5.10 Å². The van der Waals surface area contributed by atoms with Crippen LogP contribution in [0.15, 0.2) is 30.3 Å². The van der Waals surface area contributed by atoms with Crippen LogP contribution in [0.3, 0.4) is 0 Å². The molecule has 2 N–H and O–H groups in total. The second-order valence-corrected chi connectivity index (χ2v) is 4.02. The Balaban J connectivity index is 2.15. The molecule has 2 rings (SSSR count). The molecule has 0 aliphatic rings. The first-order valence-corrected chi connectivity index (χ1v) is 5.68. The van der Waals surface area contributed by atoms with Gasteiger partial charge in [0.25, 0.3) is 0 Å². The second kappa shape index (κ2) is 5.71. The fourth-order valence-electron chi connectivity index (χ4n) is 1.68. The van der Waals surface area contributed by atoms with Crippen molar-refractivity contribution in [2.75, 3.05) is 7.11 Å². The van der Waals surface area contributed by atoms with E-state index in [2.05, 4.69) is 10.2 Å². The monoisotopic (exact) mass is 265 g/mol. The van der Waals surface area contributed by atoms with Crippen LogP contribution in [0, 0.1) is 11.6 Å². The second-order valence-electron chi connectivity index (χ2n) is 4.02. The molecule has 0 bridgehead atoms. The summed E-state index contributed by atoms with van der Waals surface area (Å²) in [6.07, 6.45) is 0.143. The van der Waals surface area contributed by atoms with E-state index in [4.69, 9.17) is 10.5 Å². The Labute approximate surface area is 109 Å². The smallest absolute Gasteiger partial charge is 0.233 e. The molecule has 4 nitrogen and oxygen atoms in total. The zero-order chi connectivity index (χ0) is 13.8. The fourth-order valence-corrected chi connectivity index (χ4v) is 1.68. The lowest BCUT2D eigenvalue weighted by atomic mass is 10.0. The van der Waals surface area contributed by atoms with Crippen molar-refractivity contribution in [3.8, 4) is 5.88 Å². The quantitative estimate of drug-likeness (QED) is 0.918. The van der Waals surface area contributed by atoms with Gasteiger partial charge in [0.1, 0.15) is 0 Å². The molecule has 0 spiro atoms. The lowest BCUT2D eigenvalue weighted by Gasteiger charge is -2.11. The molecule has 0 radical (unpaired) electrons. The Bertz CT molecular complexity index is 560. The minimum absolute atomic E-state index is 0.143. The Kier molecular flexibility index (Phi) is 4.01. The van der Waals surface area contributed by atoms with Crippen molar-refractivity contribution in [1.82, 2.24) is 10.2 Å². The Morgan fingerprint density at radius 3 is 2.63 bits per heavy atom. The largest absolute Gasteiger partial charge is 0.480 e. The first-order valence-electron chi connectivity index (χ1n) is 5.68. The van der Waals surface area contributed by atoms with Gasteiger partial charge in [-0.25, -0.2) is 8.78 Å².